The van der Waals surface area contributed by atoms with Crippen LogP contribution < -0.4 is 15.4 Å². The lowest BCUT2D eigenvalue weighted by atomic mass is 9.85. The molecule has 0 amide bonds. The van der Waals surface area contributed by atoms with E-state index in [9.17, 15) is 0 Å². The van der Waals surface area contributed by atoms with Crippen LogP contribution in [0.4, 0.5) is 11.6 Å². The zero-order chi connectivity index (χ0) is 12.8. The third kappa shape index (κ3) is 3.03. The maximum atomic E-state index is 5.41. The molecular weight excluding hydrogens is 228 g/mol. The van der Waals surface area contributed by atoms with Crippen molar-refractivity contribution in [1.82, 2.24) is 9.97 Å². The second-order valence-electron chi connectivity index (χ2n) is 4.71. The Morgan fingerprint density at radius 2 is 2.00 bits per heavy atom. The van der Waals surface area contributed by atoms with Crippen molar-refractivity contribution in [3.05, 3.63) is 6.33 Å². The minimum absolute atomic E-state index is 0.713. The zero-order valence-electron chi connectivity index (χ0n) is 11.2. The Kier molecular flexibility index (Phi) is 4.61. The fourth-order valence-corrected chi connectivity index (χ4v) is 2.00. The van der Waals surface area contributed by atoms with Gasteiger partial charge in [-0.1, -0.05) is 13.3 Å². The highest BCUT2D eigenvalue weighted by molar-refractivity contribution is 5.63. The van der Waals surface area contributed by atoms with Crippen molar-refractivity contribution in [3.8, 4) is 5.75 Å². The highest BCUT2D eigenvalue weighted by atomic mass is 16.5. The molecule has 0 aliphatic heterocycles. The van der Waals surface area contributed by atoms with E-state index in [0.717, 1.165) is 37.1 Å². The molecule has 1 heterocycles. The second-order valence-corrected chi connectivity index (χ2v) is 4.71. The molecule has 0 saturated heterocycles. The minimum atomic E-state index is 0.713. The van der Waals surface area contributed by atoms with Gasteiger partial charge in [0.05, 0.1) is 7.11 Å². The summed E-state index contributed by atoms with van der Waals surface area (Å²) in [4.78, 5) is 8.48. The number of nitrogens with one attached hydrogen (secondary N) is 2. The van der Waals surface area contributed by atoms with Gasteiger partial charge < -0.3 is 15.4 Å². The van der Waals surface area contributed by atoms with E-state index < -0.39 is 0 Å². The summed E-state index contributed by atoms with van der Waals surface area (Å²) in [6.45, 7) is 3.98. The van der Waals surface area contributed by atoms with Gasteiger partial charge >= 0.3 is 0 Å². The normalized spacial score (nSPS) is 15.0. The average molecular weight is 250 g/mol. The maximum absolute atomic E-state index is 5.41. The molecule has 1 aromatic heterocycles. The van der Waals surface area contributed by atoms with E-state index in [-0.39, 0.29) is 0 Å². The summed E-state index contributed by atoms with van der Waals surface area (Å²) in [7, 11) is 1.66. The van der Waals surface area contributed by atoms with E-state index in [1.165, 1.54) is 19.3 Å². The highest BCUT2D eigenvalue weighted by Crippen LogP contribution is 2.31. The van der Waals surface area contributed by atoms with E-state index in [0.29, 0.717) is 5.75 Å². The van der Waals surface area contributed by atoms with Crippen molar-refractivity contribution in [2.24, 2.45) is 5.92 Å². The first kappa shape index (κ1) is 12.9. The first-order chi connectivity index (χ1) is 8.85. The van der Waals surface area contributed by atoms with Crippen molar-refractivity contribution >= 4 is 11.6 Å². The number of hydrogen-bond donors (Lipinski definition) is 2. The first-order valence-corrected chi connectivity index (χ1v) is 6.71. The Hall–Kier alpha value is -1.52. The Balaban J connectivity index is 2.02. The minimum Gasteiger partial charge on any atom is -0.490 e. The van der Waals surface area contributed by atoms with E-state index >= 15 is 0 Å². The fourth-order valence-electron chi connectivity index (χ4n) is 2.00. The van der Waals surface area contributed by atoms with Gasteiger partial charge in [0, 0.05) is 13.1 Å². The average Bonchev–Trinajstić information content (AvgIpc) is 2.34. The molecule has 100 valence electrons. The monoisotopic (exact) mass is 250 g/mol. The van der Waals surface area contributed by atoms with Crippen LogP contribution in [-0.2, 0) is 0 Å². The number of rotatable bonds is 7. The molecule has 0 spiro atoms. The van der Waals surface area contributed by atoms with Gasteiger partial charge in [0.25, 0.3) is 0 Å². The van der Waals surface area contributed by atoms with Gasteiger partial charge in [0.15, 0.2) is 11.6 Å². The summed E-state index contributed by atoms with van der Waals surface area (Å²) in [5, 5.41) is 6.62. The number of anilines is 2. The molecule has 1 saturated carbocycles. The standard InChI is InChI=1S/C13H22N4O/c1-3-7-14-12-11(18-2)13(17-9-16-12)15-8-10-5-4-6-10/h9-10H,3-8H2,1-2H3,(H2,14,15,16,17). The predicted octanol–water partition coefficient (Wildman–Crippen LogP) is 2.52. The molecule has 2 N–H and O–H groups in total. The number of hydrogen-bond acceptors (Lipinski definition) is 5. The van der Waals surface area contributed by atoms with Crippen molar-refractivity contribution in [1.29, 1.82) is 0 Å². The summed E-state index contributed by atoms with van der Waals surface area (Å²) in [5.74, 6) is 3.06. The van der Waals surface area contributed by atoms with Crippen LogP contribution in [0.15, 0.2) is 6.33 Å². The summed E-state index contributed by atoms with van der Waals surface area (Å²) in [6.07, 6.45) is 6.63. The Morgan fingerprint density at radius 3 is 2.56 bits per heavy atom. The van der Waals surface area contributed by atoms with Crippen LogP contribution >= 0.6 is 0 Å². The summed E-state index contributed by atoms with van der Waals surface area (Å²) < 4.78 is 5.41. The van der Waals surface area contributed by atoms with Gasteiger partial charge in [0.2, 0.25) is 5.75 Å². The van der Waals surface area contributed by atoms with E-state index in [1.807, 2.05) is 0 Å². The fraction of sp³-hybridized carbons (Fsp3) is 0.692. The van der Waals surface area contributed by atoms with Gasteiger partial charge in [0.1, 0.15) is 6.33 Å². The largest absolute Gasteiger partial charge is 0.490 e. The third-order valence-electron chi connectivity index (χ3n) is 3.33. The number of aromatic nitrogens is 2. The molecule has 18 heavy (non-hydrogen) atoms. The van der Waals surface area contributed by atoms with Crippen molar-refractivity contribution in [3.63, 3.8) is 0 Å². The van der Waals surface area contributed by atoms with Crippen LogP contribution in [0.25, 0.3) is 0 Å². The van der Waals surface area contributed by atoms with Crippen LogP contribution in [0.1, 0.15) is 32.6 Å². The number of nitrogens with zero attached hydrogens (tertiary/aromatic N) is 2. The summed E-state index contributed by atoms with van der Waals surface area (Å²) >= 11 is 0. The van der Waals surface area contributed by atoms with E-state index in [4.69, 9.17) is 4.74 Å². The van der Waals surface area contributed by atoms with Gasteiger partial charge in [-0.3, -0.25) is 0 Å². The number of methoxy groups -OCH3 is 1. The highest BCUT2D eigenvalue weighted by Gasteiger charge is 2.18. The Morgan fingerprint density at radius 1 is 1.28 bits per heavy atom. The molecule has 0 aromatic carbocycles. The lowest BCUT2D eigenvalue weighted by Crippen LogP contribution is -2.21. The SMILES string of the molecule is CCCNc1ncnc(NCC2CCC2)c1OC. The van der Waals surface area contributed by atoms with Gasteiger partial charge in [-0.05, 0) is 25.2 Å². The van der Waals surface area contributed by atoms with Crippen LogP contribution in [0.3, 0.4) is 0 Å². The van der Waals surface area contributed by atoms with Crippen LogP contribution in [0, 0.1) is 5.92 Å². The first-order valence-electron chi connectivity index (χ1n) is 6.71. The lowest BCUT2D eigenvalue weighted by molar-refractivity contribution is 0.332. The molecule has 0 radical (unpaired) electrons. The van der Waals surface area contributed by atoms with Crippen LogP contribution in [0.5, 0.6) is 5.75 Å². The van der Waals surface area contributed by atoms with Crippen LogP contribution in [0.2, 0.25) is 0 Å². The zero-order valence-corrected chi connectivity index (χ0v) is 11.2. The second kappa shape index (κ2) is 6.42. The van der Waals surface area contributed by atoms with Gasteiger partial charge in [-0.25, -0.2) is 9.97 Å². The maximum Gasteiger partial charge on any atom is 0.204 e. The van der Waals surface area contributed by atoms with Gasteiger partial charge in [-0.2, -0.15) is 0 Å². The van der Waals surface area contributed by atoms with Crippen molar-refractivity contribution in [2.45, 2.75) is 32.6 Å². The molecular formula is C13H22N4O. The van der Waals surface area contributed by atoms with Crippen molar-refractivity contribution < 1.29 is 4.74 Å². The molecule has 1 aliphatic rings. The van der Waals surface area contributed by atoms with E-state index in [2.05, 4.69) is 27.5 Å². The molecule has 1 fully saturated rings. The van der Waals surface area contributed by atoms with Crippen molar-refractivity contribution in [2.75, 3.05) is 30.8 Å². The predicted molar refractivity (Wildman–Crippen MR) is 73.2 cm³/mol. The third-order valence-corrected chi connectivity index (χ3v) is 3.33. The molecule has 1 aromatic rings. The van der Waals surface area contributed by atoms with Crippen LogP contribution in [-0.4, -0.2) is 30.2 Å². The Labute approximate surface area is 108 Å². The van der Waals surface area contributed by atoms with E-state index in [1.54, 1.807) is 13.4 Å². The smallest absolute Gasteiger partial charge is 0.204 e. The summed E-state index contributed by atoms with van der Waals surface area (Å²) in [6, 6.07) is 0. The molecule has 1 aliphatic carbocycles. The summed E-state index contributed by atoms with van der Waals surface area (Å²) in [5.41, 5.74) is 0. The number of ether oxygens (including phenoxy) is 1. The lowest BCUT2D eigenvalue weighted by Gasteiger charge is -2.26. The molecule has 2 rings (SSSR count). The quantitative estimate of drug-likeness (QED) is 0.778. The molecule has 0 unspecified atom stereocenters. The molecule has 0 atom stereocenters. The molecule has 5 nitrogen and oxygen atoms in total. The molecule has 0 bridgehead atoms. The molecule has 5 heteroatoms. The topological polar surface area (TPSA) is 59.1 Å². The van der Waals surface area contributed by atoms with Gasteiger partial charge in [-0.15, -0.1) is 0 Å². The Bertz CT molecular complexity index is 379.